The van der Waals surface area contributed by atoms with Gasteiger partial charge in [0.1, 0.15) is 0 Å². The summed E-state index contributed by atoms with van der Waals surface area (Å²) in [5.74, 6) is 0.654. The van der Waals surface area contributed by atoms with E-state index in [-0.39, 0.29) is 0 Å². The Bertz CT molecular complexity index is 333. The Hall–Kier alpha value is -0.820. The summed E-state index contributed by atoms with van der Waals surface area (Å²) in [5, 5.41) is 0. The molecule has 0 aromatic heterocycles. The number of hydrogen-bond donors (Lipinski definition) is 0. The van der Waals surface area contributed by atoms with E-state index in [4.69, 9.17) is 4.74 Å². The molecule has 1 nitrogen and oxygen atoms in total. The van der Waals surface area contributed by atoms with Crippen LogP contribution in [0.25, 0.3) is 0 Å². The highest BCUT2D eigenvalue weighted by Gasteiger charge is 2.34. The quantitative estimate of drug-likeness (QED) is 0.725. The van der Waals surface area contributed by atoms with E-state index in [2.05, 4.69) is 58.9 Å². The van der Waals surface area contributed by atoms with Gasteiger partial charge < -0.3 is 4.74 Å². The van der Waals surface area contributed by atoms with Crippen molar-refractivity contribution in [3.8, 4) is 0 Å². The monoisotopic (exact) mass is 262 g/mol. The van der Waals surface area contributed by atoms with Crippen LogP contribution in [0.3, 0.4) is 0 Å². The van der Waals surface area contributed by atoms with Gasteiger partial charge in [0.25, 0.3) is 0 Å². The first kappa shape index (κ1) is 16.2. The Morgan fingerprint density at radius 3 is 1.74 bits per heavy atom. The minimum Gasteiger partial charge on any atom is -0.380 e. The van der Waals surface area contributed by atoms with E-state index >= 15 is 0 Å². The van der Waals surface area contributed by atoms with Gasteiger partial charge in [0.05, 0.1) is 13.2 Å². The summed E-state index contributed by atoms with van der Waals surface area (Å²) in [6, 6.07) is 8.89. The van der Waals surface area contributed by atoms with Gasteiger partial charge in [-0.05, 0) is 36.3 Å². The van der Waals surface area contributed by atoms with Crippen molar-refractivity contribution in [2.24, 2.45) is 5.41 Å². The molecule has 1 aromatic carbocycles. The van der Waals surface area contributed by atoms with E-state index in [0.29, 0.717) is 11.3 Å². The van der Waals surface area contributed by atoms with E-state index in [9.17, 15) is 0 Å². The summed E-state index contributed by atoms with van der Waals surface area (Å²) in [6.07, 6.45) is 3.70. The van der Waals surface area contributed by atoms with Crippen molar-refractivity contribution in [3.05, 3.63) is 35.4 Å². The van der Waals surface area contributed by atoms with Crippen molar-refractivity contribution in [1.29, 1.82) is 0 Å². The first-order valence-corrected chi connectivity index (χ1v) is 7.73. The molecule has 1 heterocycles. The molecule has 1 aliphatic rings. The number of benzene rings is 1. The van der Waals surface area contributed by atoms with Crippen molar-refractivity contribution >= 4 is 0 Å². The lowest BCUT2D eigenvalue weighted by molar-refractivity contribution is -0.116. The Morgan fingerprint density at radius 2 is 1.53 bits per heavy atom. The summed E-state index contributed by atoms with van der Waals surface area (Å²) in [7, 11) is 0. The lowest BCUT2D eigenvalue weighted by atomic mass is 9.81. The van der Waals surface area contributed by atoms with Gasteiger partial charge >= 0.3 is 0 Å². The molecule has 1 heteroatoms. The second-order valence-electron chi connectivity index (χ2n) is 5.95. The highest BCUT2D eigenvalue weighted by atomic mass is 16.5. The summed E-state index contributed by atoms with van der Waals surface area (Å²) < 4.78 is 5.12. The van der Waals surface area contributed by atoms with Gasteiger partial charge in [-0.15, -0.1) is 0 Å². The fourth-order valence-electron chi connectivity index (χ4n) is 2.19. The minimum absolute atomic E-state index is 0.583. The molecule has 1 fully saturated rings. The molecule has 2 rings (SSSR count). The van der Waals surface area contributed by atoms with Gasteiger partial charge in [0.15, 0.2) is 0 Å². The fraction of sp³-hybridized carbons (Fsp3) is 0.667. The van der Waals surface area contributed by atoms with Crippen LogP contribution < -0.4 is 0 Å². The van der Waals surface area contributed by atoms with Crippen LogP contribution in [0.4, 0.5) is 0 Å². The molecule has 0 atom stereocenters. The lowest BCUT2D eigenvalue weighted by Crippen LogP contribution is -2.41. The molecule has 1 aliphatic heterocycles. The predicted octanol–water partition coefficient (Wildman–Crippen LogP) is 5.20. The smallest absolute Gasteiger partial charge is 0.0544 e. The van der Waals surface area contributed by atoms with Crippen molar-refractivity contribution in [1.82, 2.24) is 0 Å². The maximum absolute atomic E-state index is 5.12. The molecule has 0 saturated carbocycles. The molecule has 0 unspecified atom stereocenters. The number of rotatable bonds is 4. The molecule has 108 valence electrons. The van der Waals surface area contributed by atoms with Crippen molar-refractivity contribution in [3.63, 3.8) is 0 Å². The van der Waals surface area contributed by atoms with Gasteiger partial charge in [-0.1, -0.05) is 58.9 Å². The summed E-state index contributed by atoms with van der Waals surface area (Å²) in [4.78, 5) is 0. The molecule has 1 saturated heterocycles. The largest absolute Gasteiger partial charge is 0.380 e. The molecule has 19 heavy (non-hydrogen) atoms. The summed E-state index contributed by atoms with van der Waals surface area (Å²) in [5.41, 5.74) is 3.44. The average Bonchev–Trinajstić information content (AvgIpc) is 2.39. The van der Waals surface area contributed by atoms with Gasteiger partial charge in [-0.3, -0.25) is 0 Å². The van der Waals surface area contributed by atoms with Gasteiger partial charge in [-0.2, -0.15) is 0 Å². The van der Waals surface area contributed by atoms with Gasteiger partial charge in [-0.25, -0.2) is 0 Å². The topological polar surface area (TPSA) is 9.23 Å². The summed E-state index contributed by atoms with van der Waals surface area (Å²) >= 11 is 0. The Morgan fingerprint density at radius 1 is 1.00 bits per heavy atom. The standard InChI is InChI=1S/C11H16.C7H14O/c1-4-10-5-7-11(8-6-10)9(2)3;1-3-7(4-2)5-8-6-7/h5-9H,4H2,1-3H3;3-6H2,1-2H3. The molecule has 0 N–H and O–H groups in total. The molecule has 0 radical (unpaired) electrons. The maximum Gasteiger partial charge on any atom is 0.0544 e. The maximum atomic E-state index is 5.12. The Balaban J connectivity index is 0.000000200. The molecule has 1 aromatic rings. The second-order valence-corrected chi connectivity index (χ2v) is 5.95. The highest BCUT2D eigenvalue weighted by molar-refractivity contribution is 5.24. The zero-order valence-electron chi connectivity index (χ0n) is 13.3. The zero-order chi connectivity index (χ0) is 14.3. The Labute approximate surface area is 119 Å². The predicted molar refractivity (Wildman–Crippen MR) is 83.7 cm³/mol. The minimum atomic E-state index is 0.583. The summed E-state index contributed by atoms with van der Waals surface area (Å²) in [6.45, 7) is 13.1. The van der Waals surface area contributed by atoms with Crippen LogP contribution in [0.5, 0.6) is 0 Å². The normalized spacial score (nSPS) is 16.5. The van der Waals surface area contributed by atoms with Crippen LogP contribution in [0.15, 0.2) is 24.3 Å². The Kier molecular flexibility index (Phi) is 6.57. The van der Waals surface area contributed by atoms with E-state index in [1.165, 1.54) is 24.0 Å². The highest BCUT2D eigenvalue weighted by Crippen LogP contribution is 2.34. The number of ether oxygens (including phenoxy) is 1. The van der Waals surface area contributed by atoms with Crippen LogP contribution in [-0.4, -0.2) is 13.2 Å². The van der Waals surface area contributed by atoms with Crippen LogP contribution in [0.1, 0.15) is 64.5 Å². The molecule has 0 spiro atoms. The molecular formula is C18H30O. The van der Waals surface area contributed by atoms with Crippen LogP contribution >= 0.6 is 0 Å². The number of hydrogen-bond acceptors (Lipinski definition) is 1. The third-order valence-corrected chi connectivity index (χ3v) is 4.37. The van der Waals surface area contributed by atoms with Gasteiger partial charge in [0.2, 0.25) is 0 Å². The molecule has 0 amide bonds. The first-order chi connectivity index (χ1) is 9.06. The van der Waals surface area contributed by atoms with Crippen LogP contribution in [-0.2, 0) is 11.2 Å². The van der Waals surface area contributed by atoms with E-state index in [1.807, 2.05) is 0 Å². The SMILES string of the molecule is CCC1(CC)COC1.CCc1ccc(C(C)C)cc1. The average molecular weight is 262 g/mol. The molecule has 0 aliphatic carbocycles. The fourth-order valence-corrected chi connectivity index (χ4v) is 2.19. The van der Waals surface area contributed by atoms with E-state index in [0.717, 1.165) is 19.6 Å². The molecule has 0 bridgehead atoms. The third-order valence-electron chi connectivity index (χ3n) is 4.37. The number of aryl methyl sites for hydroxylation is 1. The second kappa shape index (κ2) is 7.69. The third kappa shape index (κ3) is 4.65. The zero-order valence-corrected chi connectivity index (χ0v) is 13.3. The van der Waals surface area contributed by atoms with E-state index < -0.39 is 0 Å². The van der Waals surface area contributed by atoms with Gasteiger partial charge in [0, 0.05) is 5.41 Å². The molecular weight excluding hydrogens is 232 g/mol. The van der Waals surface area contributed by atoms with Crippen LogP contribution in [0, 0.1) is 5.41 Å². The van der Waals surface area contributed by atoms with Crippen molar-refractivity contribution in [2.45, 2.75) is 59.8 Å². The van der Waals surface area contributed by atoms with Crippen molar-refractivity contribution in [2.75, 3.05) is 13.2 Å². The first-order valence-electron chi connectivity index (χ1n) is 7.73. The van der Waals surface area contributed by atoms with Crippen LogP contribution in [0.2, 0.25) is 0 Å². The van der Waals surface area contributed by atoms with Crippen molar-refractivity contribution < 1.29 is 4.74 Å². The van der Waals surface area contributed by atoms with E-state index in [1.54, 1.807) is 0 Å². The lowest BCUT2D eigenvalue weighted by Gasteiger charge is -2.39.